The van der Waals surface area contributed by atoms with E-state index in [0.717, 1.165) is 18.4 Å². The van der Waals surface area contributed by atoms with Gasteiger partial charge in [-0.25, -0.2) is 0 Å². The molecule has 2 atom stereocenters. The Balaban J connectivity index is 2.50. The standard InChI is InChI=1S/C16H24N2O/c1-4-14(5-2)12(3)18-11-16(19)15-8-6-13(10-17)7-9-15/h6-9,12,14,16,18-19H,4-5,11H2,1-3H3. The second kappa shape index (κ2) is 7.93. The van der Waals surface area contributed by atoms with Crippen LogP contribution in [-0.2, 0) is 0 Å². The number of hydrogen-bond donors (Lipinski definition) is 2. The lowest BCUT2D eigenvalue weighted by Gasteiger charge is -2.24. The van der Waals surface area contributed by atoms with Crippen LogP contribution in [0.2, 0.25) is 0 Å². The lowest BCUT2D eigenvalue weighted by atomic mass is 9.95. The van der Waals surface area contributed by atoms with Crippen molar-refractivity contribution in [1.82, 2.24) is 5.32 Å². The molecule has 0 aliphatic heterocycles. The van der Waals surface area contributed by atoms with Crippen molar-refractivity contribution in [3.8, 4) is 6.07 Å². The first kappa shape index (κ1) is 15.7. The van der Waals surface area contributed by atoms with Crippen molar-refractivity contribution in [2.24, 2.45) is 5.92 Å². The Kier molecular flexibility index (Phi) is 6.55. The Labute approximate surface area is 116 Å². The molecule has 0 spiro atoms. The van der Waals surface area contributed by atoms with E-state index in [1.165, 1.54) is 0 Å². The molecule has 0 aliphatic rings. The predicted octanol–water partition coefficient (Wildman–Crippen LogP) is 3.01. The maximum absolute atomic E-state index is 10.1. The Bertz CT molecular complexity index is 404. The van der Waals surface area contributed by atoms with Gasteiger partial charge in [0, 0.05) is 12.6 Å². The zero-order chi connectivity index (χ0) is 14.3. The van der Waals surface area contributed by atoms with Crippen molar-refractivity contribution in [3.05, 3.63) is 35.4 Å². The molecule has 2 N–H and O–H groups in total. The second-order valence-corrected chi connectivity index (χ2v) is 5.02. The lowest BCUT2D eigenvalue weighted by Crippen LogP contribution is -2.35. The van der Waals surface area contributed by atoms with Crippen molar-refractivity contribution >= 4 is 0 Å². The van der Waals surface area contributed by atoms with Gasteiger partial charge >= 0.3 is 0 Å². The highest BCUT2D eigenvalue weighted by Gasteiger charge is 2.15. The molecule has 0 amide bonds. The lowest BCUT2D eigenvalue weighted by molar-refractivity contribution is 0.164. The maximum Gasteiger partial charge on any atom is 0.0991 e. The van der Waals surface area contributed by atoms with Gasteiger partial charge in [0.05, 0.1) is 17.7 Å². The molecule has 19 heavy (non-hydrogen) atoms. The van der Waals surface area contributed by atoms with Crippen LogP contribution in [0.1, 0.15) is 50.8 Å². The molecule has 104 valence electrons. The minimum absolute atomic E-state index is 0.406. The minimum atomic E-state index is -0.524. The van der Waals surface area contributed by atoms with Gasteiger partial charge < -0.3 is 10.4 Å². The molecular formula is C16H24N2O. The van der Waals surface area contributed by atoms with Crippen molar-refractivity contribution in [2.75, 3.05) is 6.54 Å². The molecule has 0 saturated heterocycles. The number of nitriles is 1. The van der Waals surface area contributed by atoms with Crippen LogP contribution in [-0.4, -0.2) is 17.7 Å². The van der Waals surface area contributed by atoms with Gasteiger partial charge in [0.25, 0.3) is 0 Å². The molecule has 3 heteroatoms. The first-order valence-corrected chi connectivity index (χ1v) is 7.03. The summed E-state index contributed by atoms with van der Waals surface area (Å²) in [6, 6.07) is 9.58. The number of benzene rings is 1. The van der Waals surface area contributed by atoms with Crippen LogP contribution < -0.4 is 5.32 Å². The van der Waals surface area contributed by atoms with Gasteiger partial charge in [0.1, 0.15) is 0 Å². The highest BCUT2D eigenvalue weighted by Crippen LogP contribution is 2.16. The molecule has 0 radical (unpaired) electrons. The monoisotopic (exact) mass is 260 g/mol. The number of aliphatic hydroxyl groups is 1. The molecule has 1 aromatic carbocycles. The summed E-state index contributed by atoms with van der Waals surface area (Å²) in [6.45, 7) is 7.11. The Morgan fingerprint density at radius 3 is 2.26 bits per heavy atom. The topological polar surface area (TPSA) is 56.0 Å². The molecule has 0 bridgehead atoms. The number of hydrogen-bond acceptors (Lipinski definition) is 3. The fraction of sp³-hybridized carbons (Fsp3) is 0.562. The van der Waals surface area contributed by atoms with Crippen LogP contribution in [0.25, 0.3) is 0 Å². The van der Waals surface area contributed by atoms with Gasteiger partial charge in [-0.3, -0.25) is 0 Å². The van der Waals surface area contributed by atoms with Crippen LogP contribution in [0.4, 0.5) is 0 Å². The zero-order valence-electron chi connectivity index (χ0n) is 12.1. The van der Waals surface area contributed by atoms with Crippen LogP contribution in [0.15, 0.2) is 24.3 Å². The minimum Gasteiger partial charge on any atom is -0.387 e. The summed E-state index contributed by atoms with van der Waals surface area (Å²) < 4.78 is 0. The number of aliphatic hydroxyl groups excluding tert-OH is 1. The van der Waals surface area contributed by atoms with E-state index in [9.17, 15) is 5.11 Å². The summed E-state index contributed by atoms with van der Waals surface area (Å²) in [6.07, 6.45) is 1.78. The average molecular weight is 260 g/mol. The molecule has 0 heterocycles. The largest absolute Gasteiger partial charge is 0.387 e. The van der Waals surface area contributed by atoms with E-state index in [4.69, 9.17) is 5.26 Å². The summed E-state index contributed by atoms with van der Waals surface area (Å²) >= 11 is 0. The molecular weight excluding hydrogens is 236 g/mol. The zero-order valence-corrected chi connectivity index (χ0v) is 12.1. The van der Waals surface area contributed by atoms with Gasteiger partial charge in [-0.05, 0) is 30.5 Å². The smallest absolute Gasteiger partial charge is 0.0991 e. The quantitative estimate of drug-likeness (QED) is 0.792. The molecule has 1 rings (SSSR count). The van der Waals surface area contributed by atoms with E-state index in [-0.39, 0.29) is 0 Å². The van der Waals surface area contributed by atoms with E-state index in [1.54, 1.807) is 12.1 Å². The van der Waals surface area contributed by atoms with Gasteiger partial charge in [-0.1, -0.05) is 38.8 Å². The van der Waals surface area contributed by atoms with Gasteiger partial charge in [0.2, 0.25) is 0 Å². The molecule has 0 fully saturated rings. The molecule has 2 unspecified atom stereocenters. The summed E-state index contributed by atoms with van der Waals surface area (Å²) in [4.78, 5) is 0. The van der Waals surface area contributed by atoms with Crippen LogP contribution in [0.5, 0.6) is 0 Å². The average Bonchev–Trinajstić information content (AvgIpc) is 2.46. The number of nitrogens with zero attached hydrogens (tertiary/aromatic N) is 1. The third-order valence-electron chi connectivity index (χ3n) is 3.81. The Morgan fingerprint density at radius 2 is 1.79 bits per heavy atom. The summed E-state index contributed by atoms with van der Waals surface area (Å²) in [5.41, 5.74) is 1.47. The molecule has 0 saturated carbocycles. The highest BCUT2D eigenvalue weighted by molar-refractivity contribution is 5.32. The second-order valence-electron chi connectivity index (χ2n) is 5.02. The fourth-order valence-electron chi connectivity index (χ4n) is 2.36. The molecule has 1 aromatic rings. The Morgan fingerprint density at radius 1 is 1.21 bits per heavy atom. The molecule has 0 aromatic heterocycles. The van der Waals surface area contributed by atoms with Gasteiger partial charge in [0.15, 0.2) is 0 Å². The predicted molar refractivity (Wildman–Crippen MR) is 77.7 cm³/mol. The first-order valence-electron chi connectivity index (χ1n) is 7.03. The maximum atomic E-state index is 10.1. The van der Waals surface area contributed by atoms with Crippen LogP contribution in [0.3, 0.4) is 0 Å². The SMILES string of the molecule is CCC(CC)C(C)NCC(O)c1ccc(C#N)cc1. The summed E-state index contributed by atoms with van der Waals surface area (Å²) in [5, 5.41) is 22.2. The third-order valence-corrected chi connectivity index (χ3v) is 3.81. The van der Waals surface area contributed by atoms with Gasteiger partial charge in [-0.15, -0.1) is 0 Å². The van der Waals surface area contributed by atoms with E-state index >= 15 is 0 Å². The summed E-state index contributed by atoms with van der Waals surface area (Å²) in [7, 11) is 0. The van der Waals surface area contributed by atoms with Crippen molar-refractivity contribution in [2.45, 2.75) is 45.8 Å². The van der Waals surface area contributed by atoms with E-state index in [0.29, 0.717) is 24.1 Å². The molecule has 0 aliphatic carbocycles. The van der Waals surface area contributed by atoms with Crippen molar-refractivity contribution in [1.29, 1.82) is 5.26 Å². The third kappa shape index (κ3) is 4.66. The van der Waals surface area contributed by atoms with Crippen molar-refractivity contribution in [3.63, 3.8) is 0 Å². The van der Waals surface area contributed by atoms with Crippen molar-refractivity contribution < 1.29 is 5.11 Å². The highest BCUT2D eigenvalue weighted by atomic mass is 16.3. The first-order chi connectivity index (χ1) is 9.12. The van der Waals surface area contributed by atoms with Gasteiger partial charge in [-0.2, -0.15) is 5.26 Å². The van der Waals surface area contributed by atoms with E-state index in [1.807, 2.05) is 12.1 Å². The van der Waals surface area contributed by atoms with E-state index < -0.39 is 6.10 Å². The number of rotatable bonds is 7. The number of nitrogens with one attached hydrogen (secondary N) is 1. The normalized spacial score (nSPS) is 14.1. The summed E-state index contributed by atoms with van der Waals surface area (Å²) in [5.74, 6) is 0.646. The fourth-order valence-corrected chi connectivity index (χ4v) is 2.36. The molecule has 3 nitrogen and oxygen atoms in total. The van der Waals surface area contributed by atoms with Crippen LogP contribution in [0, 0.1) is 17.2 Å². The van der Waals surface area contributed by atoms with Crippen LogP contribution >= 0.6 is 0 Å². The van der Waals surface area contributed by atoms with E-state index in [2.05, 4.69) is 32.2 Å². The Hall–Kier alpha value is -1.37.